The quantitative estimate of drug-likeness (QED) is 0.525. The maximum Gasteiger partial charge on any atom is 0.408 e. The molecule has 1 amide bonds. The van der Waals surface area contributed by atoms with Gasteiger partial charge in [0, 0.05) is 17.7 Å². The van der Waals surface area contributed by atoms with Crippen LogP contribution in [0.1, 0.15) is 16.7 Å². The van der Waals surface area contributed by atoms with E-state index in [9.17, 15) is 14.9 Å². The van der Waals surface area contributed by atoms with E-state index in [0.29, 0.717) is 5.56 Å². The SMILES string of the molecule is N#Cc1cc(C#CCNC(=O)OCc2ccccc2)cc([N+](=O)[O-])c1. The molecule has 0 saturated heterocycles. The number of hydrogen-bond donors (Lipinski definition) is 1. The Hall–Kier alpha value is -3.84. The first kappa shape index (κ1) is 17.5. The Morgan fingerprint density at radius 2 is 1.92 bits per heavy atom. The number of alkyl carbamates (subject to hydrolysis) is 1. The summed E-state index contributed by atoms with van der Waals surface area (Å²) < 4.78 is 5.02. The first-order valence-corrected chi connectivity index (χ1v) is 7.21. The van der Waals surface area contributed by atoms with Gasteiger partial charge in [-0.1, -0.05) is 42.2 Å². The number of benzene rings is 2. The molecule has 0 aliphatic rings. The third-order valence-corrected chi connectivity index (χ3v) is 3.02. The first-order valence-electron chi connectivity index (χ1n) is 7.21. The fraction of sp³-hybridized carbons (Fsp3) is 0.111. The number of carbonyl (C=O) groups excluding carboxylic acids is 1. The standard InChI is InChI=1S/C18H13N3O4/c19-12-16-9-15(10-17(11-16)21(23)24)7-4-8-20-18(22)25-13-14-5-2-1-3-6-14/h1-3,5-6,9-11H,8,13H2,(H,20,22). The van der Waals surface area contributed by atoms with Crippen molar-refractivity contribution in [2.75, 3.05) is 6.54 Å². The molecule has 124 valence electrons. The molecule has 0 aromatic heterocycles. The first-order chi connectivity index (χ1) is 12.1. The van der Waals surface area contributed by atoms with Crippen molar-refractivity contribution < 1.29 is 14.5 Å². The summed E-state index contributed by atoms with van der Waals surface area (Å²) in [5.74, 6) is 5.32. The lowest BCUT2D eigenvalue weighted by Gasteiger charge is -2.04. The number of nitro benzene ring substituents is 1. The molecule has 25 heavy (non-hydrogen) atoms. The van der Waals surface area contributed by atoms with Crippen molar-refractivity contribution >= 4 is 11.8 Å². The number of nitrogens with one attached hydrogen (secondary N) is 1. The smallest absolute Gasteiger partial charge is 0.408 e. The molecule has 2 rings (SSSR count). The highest BCUT2D eigenvalue weighted by Gasteiger charge is 2.08. The van der Waals surface area contributed by atoms with Gasteiger partial charge in [-0.15, -0.1) is 0 Å². The van der Waals surface area contributed by atoms with Crippen molar-refractivity contribution in [2.24, 2.45) is 0 Å². The van der Waals surface area contributed by atoms with Crippen molar-refractivity contribution in [3.05, 3.63) is 75.3 Å². The number of carbonyl (C=O) groups is 1. The Morgan fingerprint density at radius 1 is 1.20 bits per heavy atom. The summed E-state index contributed by atoms with van der Waals surface area (Å²) in [5, 5.41) is 22.1. The van der Waals surface area contributed by atoms with E-state index in [4.69, 9.17) is 10.00 Å². The molecule has 0 aliphatic heterocycles. The molecule has 1 N–H and O–H groups in total. The molecule has 0 bridgehead atoms. The van der Waals surface area contributed by atoms with E-state index in [1.807, 2.05) is 36.4 Å². The van der Waals surface area contributed by atoms with Crippen LogP contribution in [0.4, 0.5) is 10.5 Å². The zero-order chi connectivity index (χ0) is 18.1. The Bertz CT molecular complexity index is 877. The maximum absolute atomic E-state index is 11.5. The van der Waals surface area contributed by atoms with Crippen molar-refractivity contribution in [1.82, 2.24) is 5.32 Å². The highest BCUT2D eigenvalue weighted by atomic mass is 16.6. The summed E-state index contributed by atoms with van der Waals surface area (Å²) >= 11 is 0. The molecule has 0 radical (unpaired) electrons. The summed E-state index contributed by atoms with van der Waals surface area (Å²) in [4.78, 5) is 21.7. The van der Waals surface area contributed by atoms with E-state index >= 15 is 0 Å². The van der Waals surface area contributed by atoms with Crippen LogP contribution in [0.25, 0.3) is 0 Å². The monoisotopic (exact) mass is 335 g/mol. The average Bonchev–Trinajstić information content (AvgIpc) is 2.64. The van der Waals surface area contributed by atoms with Gasteiger partial charge in [-0.25, -0.2) is 4.79 Å². The summed E-state index contributed by atoms with van der Waals surface area (Å²) in [6.07, 6.45) is -0.616. The Morgan fingerprint density at radius 3 is 2.60 bits per heavy atom. The molecule has 0 atom stereocenters. The van der Waals surface area contributed by atoms with Gasteiger partial charge < -0.3 is 10.1 Å². The molecule has 0 aliphatic carbocycles. The Balaban J connectivity index is 1.88. The van der Waals surface area contributed by atoms with Gasteiger partial charge in [0.2, 0.25) is 0 Å². The maximum atomic E-state index is 11.5. The summed E-state index contributed by atoms with van der Waals surface area (Å²) in [6.45, 7) is 0.161. The van der Waals surface area contributed by atoms with Crippen molar-refractivity contribution in [3.63, 3.8) is 0 Å². The predicted molar refractivity (Wildman–Crippen MR) is 89.3 cm³/mol. The van der Waals surface area contributed by atoms with E-state index in [1.165, 1.54) is 18.2 Å². The van der Waals surface area contributed by atoms with Crippen molar-refractivity contribution in [1.29, 1.82) is 5.26 Å². The van der Waals surface area contributed by atoms with Crippen LogP contribution in [-0.2, 0) is 11.3 Å². The van der Waals surface area contributed by atoms with Crippen molar-refractivity contribution in [3.8, 4) is 17.9 Å². The molecule has 2 aromatic carbocycles. The van der Waals surface area contributed by atoms with E-state index < -0.39 is 11.0 Å². The van der Waals surface area contributed by atoms with E-state index in [-0.39, 0.29) is 24.4 Å². The number of nitriles is 1. The van der Waals surface area contributed by atoms with Crippen LogP contribution >= 0.6 is 0 Å². The molecule has 0 spiro atoms. The number of non-ortho nitro benzene ring substituents is 1. The van der Waals surface area contributed by atoms with Gasteiger partial charge in [-0.05, 0) is 11.6 Å². The zero-order valence-electron chi connectivity index (χ0n) is 13.1. The fourth-order valence-corrected chi connectivity index (χ4v) is 1.89. The molecular weight excluding hydrogens is 322 g/mol. The summed E-state index contributed by atoms with van der Waals surface area (Å²) in [5.41, 5.74) is 1.13. The van der Waals surface area contributed by atoms with Gasteiger partial charge in [0.15, 0.2) is 0 Å². The minimum Gasteiger partial charge on any atom is -0.445 e. The molecule has 0 unspecified atom stereocenters. The number of ether oxygens (including phenoxy) is 1. The topological polar surface area (TPSA) is 105 Å². The van der Waals surface area contributed by atoms with Crippen LogP contribution < -0.4 is 5.32 Å². The Labute approximate surface area is 144 Å². The van der Waals surface area contributed by atoms with Gasteiger partial charge in [0.05, 0.1) is 23.1 Å². The second-order valence-electron chi connectivity index (χ2n) is 4.85. The van der Waals surface area contributed by atoms with Crippen LogP contribution in [0.2, 0.25) is 0 Å². The van der Waals surface area contributed by atoms with Gasteiger partial charge in [-0.2, -0.15) is 5.26 Å². The zero-order valence-corrected chi connectivity index (χ0v) is 13.1. The number of amides is 1. The lowest BCUT2D eigenvalue weighted by atomic mass is 10.1. The molecule has 0 fully saturated rings. The lowest BCUT2D eigenvalue weighted by Crippen LogP contribution is -2.24. The van der Waals surface area contributed by atoms with Gasteiger partial charge in [0.1, 0.15) is 6.61 Å². The third-order valence-electron chi connectivity index (χ3n) is 3.02. The highest BCUT2D eigenvalue weighted by molar-refractivity contribution is 5.67. The summed E-state index contributed by atoms with van der Waals surface area (Å²) in [6, 6.07) is 14.9. The average molecular weight is 335 g/mol. The van der Waals surface area contributed by atoms with Crippen LogP contribution in [0.5, 0.6) is 0 Å². The molecular formula is C18H13N3O4. The second-order valence-corrected chi connectivity index (χ2v) is 4.85. The molecule has 2 aromatic rings. The Kier molecular flexibility index (Phi) is 6.10. The number of nitro groups is 1. The van der Waals surface area contributed by atoms with Crippen LogP contribution in [0.3, 0.4) is 0 Å². The minimum absolute atomic E-state index is 0.0121. The highest BCUT2D eigenvalue weighted by Crippen LogP contribution is 2.16. The minimum atomic E-state index is -0.616. The lowest BCUT2D eigenvalue weighted by molar-refractivity contribution is -0.384. The van der Waals surface area contributed by atoms with E-state index in [2.05, 4.69) is 17.2 Å². The normalized spacial score (nSPS) is 9.24. The van der Waals surface area contributed by atoms with Gasteiger partial charge >= 0.3 is 6.09 Å². The molecule has 7 heteroatoms. The number of rotatable bonds is 4. The van der Waals surface area contributed by atoms with E-state index in [0.717, 1.165) is 5.56 Å². The largest absolute Gasteiger partial charge is 0.445 e. The number of hydrogen-bond acceptors (Lipinski definition) is 5. The van der Waals surface area contributed by atoms with Crippen LogP contribution in [-0.4, -0.2) is 17.6 Å². The third kappa shape index (κ3) is 5.70. The van der Waals surface area contributed by atoms with Crippen LogP contribution in [0.15, 0.2) is 48.5 Å². The van der Waals surface area contributed by atoms with E-state index in [1.54, 1.807) is 0 Å². The molecule has 0 saturated carbocycles. The molecule has 7 nitrogen and oxygen atoms in total. The number of nitrogens with zero attached hydrogens (tertiary/aromatic N) is 2. The van der Waals surface area contributed by atoms with Crippen molar-refractivity contribution in [2.45, 2.75) is 6.61 Å². The van der Waals surface area contributed by atoms with Gasteiger partial charge in [-0.3, -0.25) is 10.1 Å². The van der Waals surface area contributed by atoms with Gasteiger partial charge in [0.25, 0.3) is 5.69 Å². The fourth-order valence-electron chi connectivity index (χ4n) is 1.89. The predicted octanol–water partition coefficient (Wildman–Crippen LogP) is 2.74. The van der Waals surface area contributed by atoms with Crippen LogP contribution in [0, 0.1) is 33.3 Å². The molecule has 0 heterocycles. The summed E-state index contributed by atoms with van der Waals surface area (Å²) in [7, 11) is 0. The second kappa shape index (κ2) is 8.70.